The summed E-state index contributed by atoms with van der Waals surface area (Å²) in [5.74, 6) is 0.664. The smallest absolute Gasteiger partial charge is 0.140 e. The number of anilines is 2. The van der Waals surface area contributed by atoms with Gasteiger partial charge in [0.15, 0.2) is 0 Å². The van der Waals surface area contributed by atoms with Crippen LogP contribution in [0.4, 0.5) is 11.5 Å². The number of nitrogens with two attached hydrogens (primary N) is 1. The van der Waals surface area contributed by atoms with Gasteiger partial charge in [0.2, 0.25) is 0 Å². The normalized spacial score (nSPS) is 14.4. The Balaban J connectivity index is 2.54. The Kier molecular flexibility index (Phi) is 5.17. The largest absolute Gasteiger partial charge is 0.397 e. The maximum atomic E-state index is 10.0. The van der Waals surface area contributed by atoms with Gasteiger partial charge in [0, 0.05) is 26.7 Å². The number of nitrogens with one attached hydrogen (secondary N) is 1. The Labute approximate surface area is 110 Å². The van der Waals surface area contributed by atoms with Crippen LogP contribution in [0, 0.1) is 0 Å². The average Bonchev–Trinajstić information content (AvgIpc) is 2.25. The van der Waals surface area contributed by atoms with E-state index in [1.165, 1.54) is 0 Å². The maximum absolute atomic E-state index is 10.0. The summed E-state index contributed by atoms with van der Waals surface area (Å²) in [6.07, 6.45) is 2.13. The van der Waals surface area contributed by atoms with Crippen LogP contribution in [0.2, 0.25) is 0 Å². The van der Waals surface area contributed by atoms with Crippen LogP contribution < -0.4 is 11.1 Å². The predicted molar refractivity (Wildman–Crippen MR) is 72.0 cm³/mol. The SMILES string of the molecule is COCCC(C)(O)CNc1ncc(N)cc1Br. The van der Waals surface area contributed by atoms with Crippen molar-refractivity contribution in [2.75, 3.05) is 31.3 Å². The Morgan fingerprint density at radius 3 is 2.94 bits per heavy atom. The second-order valence-corrected chi connectivity index (χ2v) is 5.05. The van der Waals surface area contributed by atoms with Crippen molar-refractivity contribution in [3.8, 4) is 0 Å². The van der Waals surface area contributed by atoms with E-state index in [1.807, 2.05) is 0 Å². The second-order valence-electron chi connectivity index (χ2n) is 4.19. The van der Waals surface area contributed by atoms with Crippen molar-refractivity contribution in [2.45, 2.75) is 18.9 Å². The van der Waals surface area contributed by atoms with Crippen LogP contribution in [0.1, 0.15) is 13.3 Å². The fraction of sp³-hybridized carbons (Fsp3) is 0.545. The molecule has 0 spiro atoms. The molecule has 1 atom stereocenters. The second kappa shape index (κ2) is 6.18. The van der Waals surface area contributed by atoms with E-state index in [0.29, 0.717) is 31.1 Å². The summed E-state index contributed by atoms with van der Waals surface area (Å²) in [6.45, 7) is 2.67. The minimum absolute atomic E-state index is 0.395. The van der Waals surface area contributed by atoms with Crippen LogP contribution in [0.15, 0.2) is 16.7 Å². The zero-order valence-corrected chi connectivity index (χ0v) is 11.6. The van der Waals surface area contributed by atoms with Crippen LogP contribution in [-0.2, 0) is 4.74 Å². The van der Waals surface area contributed by atoms with Crippen LogP contribution in [0.3, 0.4) is 0 Å². The first kappa shape index (κ1) is 14.2. The van der Waals surface area contributed by atoms with E-state index in [4.69, 9.17) is 10.5 Å². The minimum Gasteiger partial charge on any atom is -0.397 e. The van der Waals surface area contributed by atoms with Gasteiger partial charge in [0.25, 0.3) is 0 Å². The molecule has 0 saturated heterocycles. The number of hydrogen-bond donors (Lipinski definition) is 3. The first-order chi connectivity index (χ1) is 7.94. The molecule has 0 amide bonds. The zero-order chi connectivity index (χ0) is 12.9. The molecule has 17 heavy (non-hydrogen) atoms. The van der Waals surface area contributed by atoms with Gasteiger partial charge in [0.1, 0.15) is 5.82 Å². The number of rotatable bonds is 6. The van der Waals surface area contributed by atoms with Crippen LogP contribution in [0.25, 0.3) is 0 Å². The summed E-state index contributed by atoms with van der Waals surface area (Å²) in [6, 6.07) is 1.76. The third kappa shape index (κ3) is 4.89. The van der Waals surface area contributed by atoms with Gasteiger partial charge in [-0.05, 0) is 28.9 Å². The number of nitrogen functional groups attached to an aromatic ring is 1. The molecule has 0 saturated carbocycles. The van der Waals surface area contributed by atoms with Gasteiger partial charge >= 0.3 is 0 Å². The molecule has 1 rings (SSSR count). The lowest BCUT2D eigenvalue weighted by molar-refractivity contribution is 0.0357. The fourth-order valence-corrected chi connectivity index (χ4v) is 1.77. The number of ether oxygens (including phenoxy) is 1. The molecule has 5 nitrogen and oxygen atoms in total. The number of aliphatic hydroxyl groups is 1. The highest BCUT2D eigenvalue weighted by molar-refractivity contribution is 9.10. The number of halogens is 1. The molecule has 0 aliphatic rings. The van der Waals surface area contributed by atoms with Crippen molar-refractivity contribution in [1.82, 2.24) is 4.98 Å². The predicted octanol–water partition coefficient (Wildman–Crippen LogP) is 1.63. The monoisotopic (exact) mass is 303 g/mol. The number of hydrogen-bond acceptors (Lipinski definition) is 5. The van der Waals surface area contributed by atoms with E-state index in [0.717, 1.165) is 4.47 Å². The van der Waals surface area contributed by atoms with Gasteiger partial charge in [0.05, 0.1) is 22.0 Å². The van der Waals surface area contributed by atoms with Gasteiger partial charge in [-0.15, -0.1) is 0 Å². The molecule has 0 radical (unpaired) electrons. The molecule has 0 bridgehead atoms. The summed E-state index contributed by atoms with van der Waals surface area (Å²) >= 11 is 3.36. The van der Waals surface area contributed by atoms with E-state index >= 15 is 0 Å². The van der Waals surface area contributed by atoms with Crippen molar-refractivity contribution in [1.29, 1.82) is 0 Å². The summed E-state index contributed by atoms with van der Waals surface area (Å²) in [4.78, 5) is 4.14. The van der Waals surface area contributed by atoms with Gasteiger partial charge in [-0.3, -0.25) is 0 Å². The van der Waals surface area contributed by atoms with Crippen LogP contribution >= 0.6 is 15.9 Å². The molecule has 6 heteroatoms. The summed E-state index contributed by atoms with van der Waals surface area (Å²) in [5.41, 5.74) is 5.35. The van der Waals surface area contributed by atoms with Gasteiger partial charge in [-0.2, -0.15) is 0 Å². The molecule has 0 aliphatic heterocycles. The lowest BCUT2D eigenvalue weighted by Crippen LogP contribution is -2.34. The highest BCUT2D eigenvalue weighted by atomic mass is 79.9. The first-order valence-corrected chi connectivity index (χ1v) is 6.10. The van der Waals surface area contributed by atoms with Crippen molar-refractivity contribution >= 4 is 27.4 Å². The van der Waals surface area contributed by atoms with E-state index in [-0.39, 0.29) is 0 Å². The Morgan fingerprint density at radius 1 is 1.65 bits per heavy atom. The molecule has 1 unspecified atom stereocenters. The third-order valence-electron chi connectivity index (χ3n) is 2.34. The Hall–Kier alpha value is -0.850. The van der Waals surface area contributed by atoms with Crippen molar-refractivity contribution < 1.29 is 9.84 Å². The number of pyridine rings is 1. The number of aromatic nitrogens is 1. The highest BCUT2D eigenvalue weighted by Crippen LogP contribution is 2.22. The Bertz CT molecular complexity index is 372. The van der Waals surface area contributed by atoms with E-state index < -0.39 is 5.60 Å². The van der Waals surface area contributed by atoms with Crippen molar-refractivity contribution in [2.24, 2.45) is 0 Å². The third-order valence-corrected chi connectivity index (χ3v) is 2.95. The lowest BCUT2D eigenvalue weighted by atomic mass is 10.0. The molecule has 0 aliphatic carbocycles. The number of nitrogens with zero attached hydrogens (tertiary/aromatic N) is 1. The van der Waals surface area contributed by atoms with Crippen molar-refractivity contribution in [3.05, 3.63) is 16.7 Å². The molecular weight excluding hydrogens is 286 g/mol. The quantitative estimate of drug-likeness (QED) is 0.744. The van der Waals surface area contributed by atoms with E-state index in [9.17, 15) is 5.11 Å². The van der Waals surface area contributed by atoms with Crippen LogP contribution in [0.5, 0.6) is 0 Å². The number of methoxy groups -OCH3 is 1. The molecule has 1 aromatic heterocycles. The zero-order valence-electron chi connectivity index (χ0n) is 10.0. The van der Waals surface area contributed by atoms with E-state index in [2.05, 4.69) is 26.2 Å². The highest BCUT2D eigenvalue weighted by Gasteiger charge is 2.20. The van der Waals surface area contributed by atoms with Gasteiger partial charge in [-0.1, -0.05) is 0 Å². The molecule has 0 fully saturated rings. The van der Waals surface area contributed by atoms with Gasteiger partial charge < -0.3 is 20.9 Å². The summed E-state index contributed by atoms with van der Waals surface area (Å²) in [7, 11) is 1.61. The molecule has 4 N–H and O–H groups in total. The summed E-state index contributed by atoms with van der Waals surface area (Å²) in [5, 5.41) is 13.1. The molecular formula is C11H18BrN3O2. The van der Waals surface area contributed by atoms with Gasteiger partial charge in [-0.25, -0.2) is 4.98 Å². The average molecular weight is 304 g/mol. The molecule has 1 aromatic rings. The molecule has 0 aromatic carbocycles. The van der Waals surface area contributed by atoms with Crippen LogP contribution in [-0.4, -0.2) is 36.0 Å². The molecule has 96 valence electrons. The summed E-state index contributed by atoms with van der Waals surface area (Å²) < 4.78 is 5.72. The molecule has 1 heterocycles. The standard InChI is InChI=1S/C11H18BrN3O2/c1-11(16,3-4-17-2)7-15-10-9(12)5-8(13)6-14-10/h5-6,16H,3-4,7,13H2,1-2H3,(H,14,15). The minimum atomic E-state index is -0.835. The van der Waals surface area contributed by atoms with E-state index in [1.54, 1.807) is 26.3 Å². The first-order valence-electron chi connectivity index (χ1n) is 5.31. The Morgan fingerprint density at radius 2 is 2.35 bits per heavy atom. The fourth-order valence-electron chi connectivity index (χ4n) is 1.27. The maximum Gasteiger partial charge on any atom is 0.140 e. The topological polar surface area (TPSA) is 80.4 Å². The lowest BCUT2D eigenvalue weighted by Gasteiger charge is -2.23. The van der Waals surface area contributed by atoms with Crippen molar-refractivity contribution in [3.63, 3.8) is 0 Å².